The topological polar surface area (TPSA) is 69.4 Å². The molecule has 0 spiro atoms. The molecule has 0 saturated carbocycles. The van der Waals surface area contributed by atoms with E-state index in [0.717, 1.165) is 31.2 Å². The standard InChI is InChI=1S/C32H59NO3S/c1-5-7-9-10-11-12-13-14-15-16-17-18-19-20-21-23-27-36-30-25-24-29(28-31(30)37(33,34)35)32(3,4)26-22-8-6-2/h24-25,28H,5-23,26-27H2,1-4H3,(H2,33,34,35). The molecule has 4 nitrogen and oxygen atoms in total. The van der Waals surface area contributed by atoms with Crippen molar-refractivity contribution >= 4 is 10.0 Å². The Bertz CT molecular complexity index is 804. The maximum atomic E-state index is 12.3. The van der Waals surface area contributed by atoms with Crippen LogP contribution in [0.5, 0.6) is 5.75 Å². The van der Waals surface area contributed by atoms with E-state index in [1.807, 2.05) is 6.07 Å². The van der Waals surface area contributed by atoms with Gasteiger partial charge in [0.1, 0.15) is 10.6 Å². The van der Waals surface area contributed by atoms with Gasteiger partial charge in [-0.15, -0.1) is 0 Å². The Hall–Kier alpha value is -1.07. The second-order valence-electron chi connectivity index (χ2n) is 11.7. The molecule has 0 aliphatic carbocycles. The Morgan fingerprint density at radius 2 is 1.11 bits per heavy atom. The van der Waals surface area contributed by atoms with E-state index in [-0.39, 0.29) is 10.3 Å². The first-order chi connectivity index (χ1) is 17.7. The number of hydrogen-bond acceptors (Lipinski definition) is 3. The molecule has 216 valence electrons. The number of primary sulfonamides is 1. The Morgan fingerprint density at radius 1 is 0.676 bits per heavy atom. The zero-order valence-electron chi connectivity index (χ0n) is 24.8. The molecule has 5 heteroatoms. The highest BCUT2D eigenvalue weighted by Gasteiger charge is 2.24. The van der Waals surface area contributed by atoms with Crippen LogP contribution in [0.25, 0.3) is 0 Å². The van der Waals surface area contributed by atoms with Gasteiger partial charge in [0.25, 0.3) is 0 Å². The van der Waals surface area contributed by atoms with Crippen molar-refractivity contribution in [1.29, 1.82) is 0 Å². The largest absolute Gasteiger partial charge is 0.492 e. The van der Waals surface area contributed by atoms with Crippen molar-refractivity contribution in [3.8, 4) is 5.75 Å². The lowest BCUT2D eigenvalue weighted by atomic mass is 9.80. The van der Waals surface area contributed by atoms with Crippen molar-refractivity contribution in [3.63, 3.8) is 0 Å². The monoisotopic (exact) mass is 537 g/mol. The van der Waals surface area contributed by atoms with E-state index >= 15 is 0 Å². The van der Waals surface area contributed by atoms with Crippen LogP contribution in [0.3, 0.4) is 0 Å². The minimum absolute atomic E-state index is 0.0962. The fourth-order valence-corrected chi connectivity index (χ4v) is 5.76. The summed E-state index contributed by atoms with van der Waals surface area (Å²) in [5.41, 5.74) is 0.906. The molecule has 0 bridgehead atoms. The van der Waals surface area contributed by atoms with Crippen molar-refractivity contribution in [1.82, 2.24) is 0 Å². The first-order valence-electron chi connectivity index (χ1n) is 15.5. The van der Waals surface area contributed by atoms with Crippen molar-refractivity contribution < 1.29 is 13.2 Å². The SMILES string of the molecule is CCCCCCCCCCCCCCCCCCOc1ccc(C(C)(C)CCCCC)cc1S(N)(=O)=O. The number of unbranched alkanes of at least 4 members (excludes halogenated alkanes) is 17. The Labute approximate surface area is 230 Å². The van der Waals surface area contributed by atoms with Crippen LogP contribution >= 0.6 is 0 Å². The van der Waals surface area contributed by atoms with E-state index < -0.39 is 10.0 Å². The molecule has 0 heterocycles. The minimum atomic E-state index is -3.84. The van der Waals surface area contributed by atoms with Crippen molar-refractivity contribution in [3.05, 3.63) is 23.8 Å². The summed E-state index contributed by atoms with van der Waals surface area (Å²) < 4.78 is 30.4. The van der Waals surface area contributed by atoms with Gasteiger partial charge in [-0.25, -0.2) is 13.6 Å². The van der Waals surface area contributed by atoms with E-state index in [1.165, 1.54) is 103 Å². The lowest BCUT2D eigenvalue weighted by Crippen LogP contribution is -2.20. The van der Waals surface area contributed by atoms with Gasteiger partial charge in [0, 0.05) is 0 Å². The number of sulfonamides is 1. The highest BCUT2D eigenvalue weighted by Crippen LogP contribution is 2.34. The van der Waals surface area contributed by atoms with E-state index in [1.54, 1.807) is 12.1 Å². The van der Waals surface area contributed by atoms with E-state index in [4.69, 9.17) is 9.88 Å². The summed E-state index contributed by atoms with van der Waals surface area (Å²) in [6, 6.07) is 5.52. The Balaban J connectivity index is 2.22. The van der Waals surface area contributed by atoms with E-state index in [0.29, 0.717) is 12.4 Å². The fraction of sp³-hybridized carbons (Fsp3) is 0.812. The molecule has 1 aromatic rings. The zero-order valence-corrected chi connectivity index (χ0v) is 25.6. The maximum absolute atomic E-state index is 12.3. The molecule has 0 aliphatic heterocycles. The van der Waals surface area contributed by atoms with E-state index in [2.05, 4.69) is 27.7 Å². The smallest absolute Gasteiger partial charge is 0.241 e. The average molecular weight is 538 g/mol. The van der Waals surface area contributed by atoms with Crippen LogP contribution in [-0.2, 0) is 15.4 Å². The third-order valence-corrected chi connectivity index (χ3v) is 8.62. The molecule has 1 rings (SSSR count). The van der Waals surface area contributed by atoms with Gasteiger partial charge in [0.05, 0.1) is 6.61 Å². The number of nitrogens with two attached hydrogens (primary N) is 1. The molecular formula is C32H59NO3S. The normalized spacial score (nSPS) is 12.2. The Kier molecular flexibility index (Phi) is 18.3. The van der Waals surface area contributed by atoms with Gasteiger partial charge in [-0.05, 0) is 36.0 Å². The maximum Gasteiger partial charge on any atom is 0.241 e. The van der Waals surface area contributed by atoms with Gasteiger partial charge in [-0.1, -0.05) is 149 Å². The third kappa shape index (κ3) is 15.8. The summed E-state index contributed by atoms with van der Waals surface area (Å²) in [7, 11) is -3.84. The molecule has 0 amide bonds. The Morgan fingerprint density at radius 3 is 1.57 bits per heavy atom. The van der Waals surface area contributed by atoms with Crippen LogP contribution < -0.4 is 9.88 Å². The predicted molar refractivity (Wildman–Crippen MR) is 160 cm³/mol. The highest BCUT2D eigenvalue weighted by atomic mass is 32.2. The molecule has 1 aromatic carbocycles. The van der Waals surface area contributed by atoms with E-state index in [9.17, 15) is 8.42 Å². The number of benzene rings is 1. The summed E-state index contributed by atoms with van der Waals surface area (Å²) in [5.74, 6) is 0.386. The van der Waals surface area contributed by atoms with Crippen molar-refractivity contribution in [2.75, 3.05) is 6.61 Å². The lowest BCUT2D eigenvalue weighted by molar-refractivity contribution is 0.296. The second-order valence-corrected chi connectivity index (χ2v) is 13.2. The lowest BCUT2D eigenvalue weighted by Gasteiger charge is -2.26. The highest BCUT2D eigenvalue weighted by molar-refractivity contribution is 7.89. The minimum Gasteiger partial charge on any atom is -0.492 e. The van der Waals surface area contributed by atoms with Gasteiger partial charge in [0.2, 0.25) is 10.0 Å². The molecule has 0 aromatic heterocycles. The molecule has 0 saturated heterocycles. The van der Waals surface area contributed by atoms with Crippen LogP contribution in [0.2, 0.25) is 0 Å². The molecule has 0 atom stereocenters. The molecular weight excluding hydrogens is 478 g/mol. The van der Waals surface area contributed by atoms with Crippen LogP contribution in [0.15, 0.2) is 23.1 Å². The number of hydrogen-bond donors (Lipinski definition) is 1. The molecule has 37 heavy (non-hydrogen) atoms. The summed E-state index contributed by atoms with van der Waals surface area (Å²) in [4.78, 5) is 0.116. The first kappa shape index (κ1) is 34.0. The number of ether oxygens (including phenoxy) is 1. The third-order valence-electron chi connectivity index (χ3n) is 7.69. The van der Waals surface area contributed by atoms with Gasteiger partial charge in [-0.3, -0.25) is 0 Å². The first-order valence-corrected chi connectivity index (χ1v) is 17.1. The molecule has 0 aliphatic rings. The van der Waals surface area contributed by atoms with Crippen LogP contribution in [0, 0.1) is 0 Å². The molecule has 0 radical (unpaired) electrons. The zero-order chi connectivity index (χ0) is 27.4. The molecule has 0 unspecified atom stereocenters. The summed E-state index contributed by atoms with van der Waals surface area (Å²) in [6.07, 6.45) is 25.8. The second kappa shape index (κ2) is 19.9. The average Bonchev–Trinajstić information content (AvgIpc) is 2.85. The van der Waals surface area contributed by atoms with Crippen molar-refractivity contribution in [2.45, 2.75) is 166 Å². The van der Waals surface area contributed by atoms with Gasteiger partial charge < -0.3 is 4.74 Å². The summed E-state index contributed by atoms with van der Waals surface area (Å²) in [5, 5.41) is 5.55. The van der Waals surface area contributed by atoms with Crippen LogP contribution in [0.1, 0.15) is 162 Å². The number of rotatable bonds is 24. The van der Waals surface area contributed by atoms with Gasteiger partial charge in [-0.2, -0.15) is 0 Å². The van der Waals surface area contributed by atoms with Crippen LogP contribution in [-0.4, -0.2) is 15.0 Å². The summed E-state index contributed by atoms with van der Waals surface area (Å²) in [6.45, 7) is 9.33. The molecule has 2 N–H and O–H groups in total. The van der Waals surface area contributed by atoms with Crippen molar-refractivity contribution in [2.24, 2.45) is 5.14 Å². The summed E-state index contributed by atoms with van der Waals surface area (Å²) >= 11 is 0. The van der Waals surface area contributed by atoms with Gasteiger partial charge >= 0.3 is 0 Å². The fourth-order valence-electron chi connectivity index (χ4n) is 5.06. The van der Waals surface area contributed by atoms with Gasteiger partial charge in [0.15, 0.2) is 0 Å². The molecule has 0 fully saturated rings. The predicted octanol–water partition coefficient (Wildman–Crippen LogP) is 9.83. The quantitative estimate of drug-likeness (QED) is 0.133. The van der Waals surface area contributed by atoms with Crippen LogP contribution in [0.4, 0.5) is 0 Å².